The van der Waals surface area contributed by atoms with Crippen molar-refractivity contribution in [1.29, 1.82) is 0 Å². The lowest BCUT2D eigenvalue weighted by Gasteiger charge is -2.06. The second-order valence-electron chi connectivity index (χ2n) is 4.31. The average Bonchev–Trinajstić information content (AvgIpc) is 2.42. The second-order valence-corrected chi connectivity index (χ2v) is 4.31. The van der Waals surface area contributed by atoms with Crippen LogP contribution in [0.5, 0.6) is 0 Å². The topological polar surface area (TPSA) is 81.1 Å². The van der Waals surface area contributed by atoms with E-state index in [4.69, 9.17) is 11.5 Å². The monoisotopic (exact) mass is 255 g/mol. The van der Waals surface area contributed by atoms with Crippen LogP contribution in [-0.4, -0.2) is 12.5 Å². The predicted molar refractivity (Wildman–Crippen MR) is 78.0 cm³/mol. The molecule has 2 rings (SSSR count). The Morgan fingerprint density at radius 1 is 1.00 bits per heavy atom. The first-order valence-corrected chi connectivity index (χ1v) is 6.15. The number of carbonyl (C=O) groups excluding carboxylic acids is 1. The number of nitrogens with one attached hydrogen (secondary N) is 1. The van der Waals surface area contributed by atoms with Gasteiger partial charge in [0.15, 0.2) is 0 Å². The first kappa shape index (κ1) is 13.1. The predicted octanol–water partition coefficient (Wildman–Crippen LogP) is 2.02. The van der Waals surface area contributed by atoms with Crippen molar-refractivity contribution < 1.29 is 4.79 Å². The number of anilines is 2. The van der Waals surface area contributed by atoms with E-state index >= 15 is 0 Å². The number of carbonyl (C=O) groups is 1. The van der Waals surface area contributed by atoms with E-state index in [1.54, 1.807) is 36.4 Å². The molecule has 0 saturated heterocycles. The number of nitrogens with two attached hydrogens (primary N) is 2. The van der Waals surface area contributed by atoms with Gasteiger partial charge in [-0.15, -0.1) is 0 Å². The van der Waals surface area contributed by atoms with Gasteiger partial charge in [0.1, 0.15) is 0 Å². The maximum atomic E-state index is 12.0. The number of benzene rings is 2. The normalized spacial score (nSPS) is 10.2. The summed E-state index contributed by atoms with van der Waals surface area (Å²) in [6, 6.07) is 14.5. The summed E-state index contributed by atoms with van der Waals surface area (Å²) in [5.74, 6) is -0.135. The van der Waals surface area contributed by atoms with Gasteiger partial charge in [0.2, 0.25) is 0 Å². The number of hydrogen-bond acceptors (Lipinski definition) is 3. The van der Waals surface area contributed by atoms with Crippen molar-refractivity contribution in [3.63, 3.8) is 0 Å². The number of rotatable bonds is 4. The van der Waals surface area contributed by atoms with E-state index in [-0.39, 0.29) is 5.91 Å². The molecule has 2 aromatic carbocycles. The van der Waals surface area contributed by atoms with Gasteiger partial charge >= 0.3 is 0 Å². The average molecular weight is 255 g/mol. The van der Waals surface area contributed by atoms with Crippen LogP contribution in [0.2, 0.25) is 0 Å². The molecule has 0 heterocycles. The molecule has 4 nitrogen and oxygen atoms in total. The van der Waals surface area contributed by atoms with Crippen LogP contribution in [0.3, 0.4) is 0 Å². The smallest absolute Gasteiger partial charge is 0.255 e. The summed E-state index contributed by atoms with van der Waals surface area (Å²) in [6.45, 7) is 0.608. The molecule has 98 valence electrons. The number of hydrogen-bond donors (Lipinski definition) is 3. The molecule has 1 amide bonds. The Kier molecular flexibility index (Phi) is 4.15. The van der Waals surface area contributed by atoms with Crippen molar-refractivity contribution in [3.8, 4) is 0 Å². The summed E-state index contributed by atoms with van der Waals surface area (Å²) in [5.41, 5.74) is 14.2. The molecular weight excluding hydrogens is 238 g/mol. The van der Waals surface area contributed by atoms with Crippen molar-refractivity contribution in [2.75, 3.05) is 17.6 Å². The quantitative estimate of drug-likeness (QED) is 0.731. The van der Waals surface area contributed by atoms with Gasteiger partial charge in [-0.1, -0.05) is 12.1 Å². The van der Waals surface area contributed by atoms with Crippen LogP contribution in [-0.2, 0) is 6.42 Å². The molecule has 19 heavy (non-hydrogen) atoms. The van der Waals surface area contributed by atoms with Crippen molar-refractivity contribution in [3.05, 3.63) is 59.7 Å². The molecule has 5 N–H and O–H groups in total. The van der Waals surface area contributed by atoms with Crippen molar-refractivity contribution in [2.45, 2.75) is 6.42 Å². The van der Waals surface area contributed by atoms with E-state index in [1.807, 2.05) is 12.1 Å². The Morgan fingerprint density at radius 3 is 2.21 bits per heavy atom. The summed E-state index contributed by atoms with van der Waals surface area (Å²) >= 11 is 0. The van der Waals surface area contributed by atoms with Crippen LogP contribution in [0.25, 0.3) is 0 Å². The summed E-state index contributed by atoms with van der Waals surface area (Å²) in [6.07, 6.45) is 0.819. The van der Waals surface area contributed by atoms with E-state index in [2.05, 4.69) is 5.32 Å². The zero-order valence-corrected chi connectivity index (χ0v) is 10.6. The van der Waals surface area contributed by atoms with E-state index in [1.165, 1.54) is 0 Å². The molecule has 0 aromatic heterocycles. The van der Waals surface area contributed by atoms with Crippen LogP contribution in [0, 0.1) is 0 Å². The summed E-state index contributed by atoms with van der Waals surface area (Å²) in [7, 11) is 0. The fraction of sp³-hybridized carbons (Fsp3) is 0.133. The van der Waals surface area contributed by atoms with Crippen LogP contribution >= 0.6 is 0 Å². The van der Waals surface area contributed by atoms with Crippen molar-refractivity contribution >= 4 is 17.3 Å². The first-order valence-electron chi connectivity index (χ1n) is 6.15. The molecule has 0 radical (unpaired) electrons. The highest BCUT2D eigenvalue weighted by Crippen LogP contribution is 2.12. The first-order chi connectivity index (χ1) is 9.19. The van der Waals surface area contributed by atoms with Gasteiger partial charge in [-0.3, -0.25) is 4.79 Å². The molecule has 0 bridgehead atoms. The molecule has 0 spiro atoms. The SMILES string of the molecule is NCCc1ccc(C(=O)Nc2ccc(N)cc2)cc1. The van der Waals surface area contributed by atoms with Gasteiger partial charge in [0, 0.05) is 16.9 Å². The maximum absolute atomic E-state index is 12.0. The third-order valence-electron chi connectivity index (χ3n) is 2.82. The maximum Gasteiger partial charge on any atom is 0.255 e. The van der Waals surface area contributed by atoms with Gasteiger partial charge in [-0.2, -0.15) is 0 Å². The lowest BCUT2D eigenvalue weighted by atomic mass is 10.1. The lowest BCUT2D eigenvalue weighted by molar-refractivity contribution is 0.102. The minimum atomic E-state index is -0.135. The third-order valence-corrected chi connectivity index (χ3v) is 2.82. The van der Waals surface area contributed by atoms with E-state index < -0.39 is 0 Å². The minimum absolute atomic E-state index is 0.135. The minimum Gasteiger partial charge on any atom is -0.399 e. The molecule has 0 atom stereocenters. The molecule has 2 aromatic rings. The van der Waals surface area contributed by atoms with Gasteiger partial charge in [-0.25, -0.2) is 0 Å². The van der Waals surface area contributed by atoms with Gasteiger partial charge in [-0.05, 0) is 54.9 Å². The van der Waals surface area contributed by atoms with Gasteiger partial charge in [0.05, 0.1) is 0 Å². The molecule has 4 heteroatoms. The molecular formula is C15H17N3O. The number of amides is 1. The summed E-state index contributed by atoms with van der Waals surface area (Å²) in [4.78, 5) is 12.0. The fourth-order valence-electron chi connectivity index (χ4n) is 1.76. The zero-order valence-electron chi connectivity index (χ0n) is 10.6. The fourth-order valence-corrected chi connectivity index (χ4v) is 1.76. The molecule has 0 saturated carbocycles. The van der Waals surface area contributed by atoms with Crippen LogP contribution < -0.4 is 16.8 Å². The molecule has 0 unspecified atom stereocenters. The zero-order chi connectivity index (χ0) is 13.7. The van der Waals surface area contributed by atoms with Crippen LogP contribution in [0.1, 0.15) is 15.9 Å². The Balaban J connectivity index is 2.05. The highest BCUT2D eigenvalue weighted by Gasteiger charge is 2.05. The Labute approximate surface area is 112 Å². The van der Waals surface area contributed by atoms with E-state index in [0.717, 1.165) is 17.7 Å². The molecule has 0 aliphatic heterocycles. The van der Waals surface area contributed by atoms with Crippen LogP contribution in [0.4, 0.5) is 11.4 Å². The Morgan fingerprint density at radius 2 is 1.63 bits per heavy atom. The summed E-state index contributed by atoms with van der Waals surface area (Å²) in [5, 5.41) is 2.82. The van der Waals surface area contributed by atoms with Gasteiger partial charge in [0.25, 0.3) is 5.91 Å². The number of nitrogen functional groups attached to an aromatic ring is 1. The van der Waals surface area contributed by atoms with E-state index in [0.29, 0.717) is 17.8 Å². The second kappa shape index (κ2) is 6.02. The van der Waals surface area contributed by atoms with Gasteiger partial charge < -0.3 is 16.8 Å². The van der Waals surface area contributed by atoms with Crippen LogP contribution in [0.15, 0.2) is 48.5 Å². The molecule has 0 aliphatic rings. The Bertz CT molecular complexity index is 547. The van der Waals surface area contributed by atoms with Crippen molar-refractivity contribution in [2.24, 2.45) is 5.73 Å². The highest BCUT2D eigenvalue weighted by atomic mass is 16.1. The van der Waals surface area contributed by atoms with E-state index in [9.17, 15) is 4.79 Å². The molecule has 0 aliphatic carbocycles. The third kappa shape index (κ3) is 3.56. The molecule has 0 fully saturated rings. The largest absolute Gasteiger partial charge is 0.399 e. The highest BCUT2D eigenvalue weighted by molar-refractivity contribution is 6.04. The van der Waals surface area contributed by atoms with Crippen molar-refractivity contribution in [1.82, 2.24) is 0 Å². The Hall–Kier alpha value is -2.33. The summed E-state index contributed by atoms with van der Waals surface area (Å²) < 4.78 is 0. The lowest BCUT2D eigenvalue weighted by Crippen LogP contribution is -2.12. The standard InChI is InChI=1S/C15H17N3O/c16-10-9-11-1-3-12(4-2-11)15(19)18-14-7-5-13(17)6-8-14/h1-8H,9-10,16-17H2,(H,18,19).